The lowest BCUT2D eigenvalue weighted by molar-refractivity contribution is 0.255. The van der Waals surface area contributed by atoms with Gasteiger partial charge in [0.05, 0.1) is 30.7 Å². The number of benzene rings is 2. The SMILES string of the molecule is COc1cccc(N2C(=O)N(c3ccc(Cl)cc3)[C@H]3CS(=O)(=O)C[C@@H]32)c1. The number of methoxy groups -OCH3 is 1. The van der Waals surface area contributed by atoms with E-state index in [0.717, 1.165) is 0 Å². The number of urea groups is 1. The first-order valence-electron chi connectivity index (χ1n) is 8.12. The zero-order valence-corrected chi connectivity index (χ0v) is 15.6. The van der Waals surface area contributed by atoms with Crippen molar-refractivity contribution in [3.63, 3.8) is 0 Å². The standard InChI is InChI=1S/C18H17ClN2O4S/c1-25-15-4-2-3-14(9-15)21-17-11-26(23,24)10-16(17)20(18(21)22)13-7-5-12(19)6-8-13/h2-9,16-17H,10-11H2,1H3/t16-,17-/m0/s1. The number of hydrogen-bond donors (Lipinski definition) is 0. The topological polar surface area (TPSA) is 66.9 Å². The summed E-state index contributed by atoms with van der Waals surface area (Å²) in [5, 5.41) is 0.556. The largest absolute Gasteiger partial charge is 0.497 e. The third kappa shape index (κ3) is 2.81. The molecule has 2 aromatic carbocycles. The Balaban J connectivity index is 1.80. The van der Waals surface area contributed by atoms with Gasteiger partial charge in [0.2, 0.25) is 0 Å². The van der Waals surface area contributed by atoms with Gasteiger partial charge in [-0.05, 0) is 36.4 Å². The molecule has 2 amide bonds. The van der Waals surface area contributed by atoms with Gasteiger partial charge in [-0.3, -0.25) is 9.80 Å². The smallest absolute Gasteiger partial charge is 0.329 e. The number of carbonyl (C=O) groups is 1. The van der Waals surface area contributed by atoms with E-state index in [1.165, 1.54) is 0 Å². The lowest BCUT2D eigenvalue weighted by Gasteiger charge is -2.23. The maximum Gasteiger partial charge on any atom is 0.329 e. The van der Waals surface area contributed by atoms with Crippen LogP contribution in [0.25, 0.3) is 0 Å². The molecule has 26 heavy (non-hydrogen) atoms. The van der Waals surface area contributed by atoms with Crippen molar-refractivity contribution in [3.8, 4) is 5.75 Å². The highest BCUT2D eigenvalue weighted by Gasteiger charge is 2.54. The van der Waals surface area contributed by atoms with Crippen molar-refractivity contribution in [3.05, 3.63) is 53.6 Å². The molecule has 0 spiro atoms. The van der Waals surface area contributed by atoms with E-state index in [4.69, 9.17) is 16.3 Å². The van der Waals surface area contributed by atoms with E-state index < -0.39 is 21.9 Å². The van der Waals surface area contributed by atoms with Crippen molar-refractivity contribution in [2.24, 2.45) is 0 Å². The number of halogens is 1. The molecule has 2 atom stereocenters. The van der Waals surface area contributed by atoms with E-state index in [-0.39, 0.29) is 17.5 Å². The van der Waals surface area contributed by atoms with Gasteiger partial charge in [-0.2, -0.15) is 0 Å². The van der Waals surface area contributed by atoms with Crippen LogP contribution in [-0.2, 0) is 9.84 Å². The third-order valence-corrected chi connectivity index (χ3v) is 6.76. The fourth-order valence-corrected chi connectivity index (χ4v) is 5.71. The fraction of sp³-hybridized carbons (Fsp3) is 0.278. The molecule has 2 fully saturated rings. The number of anilines is 2. The first-order valence-corrected chi connectivity index (χ1v) is 10.3. The van der Waals surface area contributed by atoms with Crippen LogP contribution < -0.4 is 14.5 Å². The zero-order chi connectivity index (χ0) is 18.5. The fourth-order valence-electron chi connectivity index (χ4n) is 3.67. The summed E-state index contributed by atoms with van der Waals surface area (Å²) < 4.78 is 29.8. The van der Waals surface area contributed by atoms with E-state index in [1.807, 2.05) is 0 Å². The lowest BCUT2D eigenvalue weighted by atomic mass is 10.1. The molecule has 2 aromatic rings. The second kappa shape index (κ2) is 6.17. The maximum atomic E-state index is 13.2. The lowest BCUT2D eigenvalue weighted by Crippen LogP contribution is -2.37. The van der Waals surface area contributed by atoms with E-state index >= 15 is 0 Å². The maximum absolute atomic E-state index is 13.2. The monoisotopic (exact) mass is 392 g/mol. The van der Waals surface area contributed by atoms with Crippen LogP contribution in [0.5, 0.6) is 5.75 Å². The molecule has 2 aliphatic rings. The summed E-state index contributed by atoms with van der Waals surface area (Å²) in [6, 6.07) is 12.8. The summed E-state index contributed by atoms with van der Waals surface area (Å²) in [6.07, 6.45) is 0. The highest BCUT2D eigenvalue weighted by atomic mass is 35.5. The van der Waals surface area contributed by atoms with Crippen molar-refractivity contribution in [1.82, 2.24) is 0 Å². The van der Waals surface area contributed by atoms with E-state index in [1.54, 1.807) is 65.4 Å². The first kappa shape index (κ1) is 17.2. The summed E-state index contributed by atoms with van der Waals surface area (Å²) >= 11 is 5.95. The summed E-state index contributed by atoms with van der Waals surface area (Å²) in [6.45, 7) is 0. The Hall–Kier alpha value is -2.25. The first-order chi connectivity index (χ1) is 12.4. The van der Waals surface area contributed by atoms with Gasteiger partial charge in [0.15, 0.2) is 9.84 Å². The molecule has 0 N–H and O–H groups in total. The average Bonchev–Trinajstić information content (AvgIpc) is 3.04. The summed E-state index contributed by atoms with van der Waals surface area (Å²) in [4.78, 5) is 16.3. The number of nitrogens with zero attached hydrogens (tertiary/aromatic N) is 2. The van der Waals surface area contributed by atoms with Crippen LogP contribution in [-0.4, -0.2) is 45.1 Å². The predicted molar refractivity (Wildman–Crippen MR) is 101 cm³/mol. The van der Waals surface area contributed by atoms with Gasteiger partial charge in [-0.1, -0.05) is 17.7 Å². The Bertz CT molecular complexity index is 961. The number of ether oxygens (including phenoxy) is 1. The Morgan fingerprint density at radius 3 is 2.23 bits per heavy atom. The average molecular weight is 393 g/mol. The summed E-state index contributed by atoms with van der Waals surface area (Å²) in [5.74, 6) is 0.509. The molecule has 0 aromatic heterocycles. The molecule has 136 valence electrons. The molecule has 0 radical (unpaired) electrons. The predicted octanol–water partition coefficient (Wildman–Crippen LogP) is 2.96. The Labute approximate surface area is 156 Å². The second-order valence-electron chi connectivity index (χ2n) is 6.41. The van der Waals surface area contributed by atoms with Crippen LogP contribution in [0, 0.1) is 0 Å². The van der Waals surface area contributed by atoms with Crippen molar-refractivity contribution < 1.29 is 17.9 Å². The van der Waals surface area contributed by atoms with Gasteiger partial charge < -0.3 is 4.74 Å². The normalized spacial score (nSPS) is 24.0. The van der Waals surface area contributed by atoms with Crippen LogP contribution in [0.4, 0.5) is 16.2 Å². The Kier molecular flexibility index (Phi) is 4.08. The van der Waals surface area contributed by atoms with Crippen molar-refractivity contribution in [2.45, 2.75) is 12.1 Å². The van der Waals surface area contributed by atoms with Crippen LogP contribution >= 0.6 is 11.6 Å². The minimum atomic E-state index is -3.23. The summed E-state index contributed by atoms with van der Waals surface area (Å²) in [5.41, 5.74) is 1.26. The minimum Gasteiger partial charge on any atom is -0.497 e. The second-order valence-corrected chi connectivity index (χ2v) is 9.00. The van der Waals surface area contributed by atoms with Gasteiger partial charge >= 0.3 is 6.03 Å². The Morgan fingerprint density at radius 2 is 1.62 bits per heavy atom. The highest BCUT2D eigenvalue weighted by molar-refractivity contribution is 7.91. The van der Waals surface area contributed by atoms with Crippen LogP contribution in [0.1, 0.15) is 0 Å². The van der Waals surface area contributed by atoms with Gasteiger partial charge in [0.25, 0.3) is 0 Å². The molecular formula is C18H17ClN2O4S. The number of carbonyl (C=O) groups excluding carboxylic acids is 1. The molecule has 0 aliphatic carbocycles. The number of amides is 2. The highest BCUT2D eigenvalue weighted by Crippen LogP contribution is 2.38. The number of hydrogen-bond acceptors (Lipinski definition) is 4. The van der Waals surface area contributed by atoms with Crippen molar-refractivity contribution in [2.75, 3.05) is 28.4 Å². The number of rotatable bonds is 3. The molecular weight excluding hydrogens is 376 g/mol. The van der Waals surface area contributed by atoms with Crippen molar-refractivity contribution >= 4 is 38.8 Å². The third-order valence-electron chi connectivity index (χ3n) is 4.81. The van der Waals surface area contributed by atoms with Gasteiger partial charge in [0.1, 0.15) is 5.75 Å². The molecule has 2 aliphatic heterocycles. The molecule has 0 saturated carbocycles. The zero-order valence-electron chi connectivity index (χ0n) is 14.0. The Morgan fingerprint density at radius 1 is 1.00 bits per heavy atom. The molecule has 6 nitrogen and oxygen atoms in total. The molecule has 4 rings (SSSR count). The molecule has 0 bridgehead atoms. The van der Waals surface area contributed by atoms with E-state index in [2.05, 4.69) is 0 Å². The minimum absolute atomic E-state index is 0.0491. The molecule has 2 heterocycles. The number of sulfone groups is 1. The quantitative estimate of drug-likeness (QED) is 0.753. The van der Waals surface area contributed by atoms with E-state index in [9.17, 15) is 13.2 Å². The molecule has 0 unspecified atom stereocenters. The van der Waals surface area contributed by atoms with Crippen LogP contribution in [0.2, 0.25) is 5.02 Å². The van der Waals surface area contributed by atoms with Crippen molar-refractivity contribution in [1.29, 1.82) is 0 Å². The van der Waals surface area contributed by atoms with Crippen LogP contribution in [0.3, 0.4) is 0 Å². The number of fused-ring (bicyclic) bond motifs is 1. The molecule has 2 saturated heterocycles. The van der Waals surface area contributed by atoms with Gasteiger partial charge in [-0.15, -0.1) is 0 Å². The van der Waals surface area contributed by atoms with Crippen LogP contribution in [0.15, 0.2) is 48.5 Å². The van der Waals surface area contributed by atoms with Gasteiger partial charge in [-0.25, -0.2) is 13.2 Å². The van der Waals surface area contributed by atoms with E-state index in [0.29, 0.717) is 22.1 Å². The summed E-state index contributed by atoms with van der Waals surface area (Å²) in [7, 11) is -1.68. The molecule has 8 heteroatoms. The van der Waals surface area contributed by atoms with Gasteiger partial charge in [0, 0.05) is 22.5 Å².